The maximum absolute atomic E-state index is 13.5. The molecule has 25 heavy (non-hydrogen) atoms. The highest BCUT2D eigenvalue weighted by Gasteiger charge is 2.32. The Morgan fingerprint density at radius 2 is 2.24 bits per heavy atom. The lowest BCUT2D eigenvalue weighted by Crippen LogP contribution is -2.44. The van der Waals surface area contributed by atoms with E-state index in [1.165, 1.54) is 12.1 Å². The molecule has 7 heteroatoms. The third-order valence-electron chi connectivity index (χ3n) is 4.65. The van der Waals surface area contributed by atoms with Gasteiger partial charge in [-0.15, -0.1) is 0 Å². The molecule has 1 fully saturated rings. The average molecular weight is 342 g/mol. The normalized spacial score (nSPS) is 18.0. The molecule has 130 valence electrons. The number of rotatable bonds is 2. The minimum absolute atomic E-state index is 0.110. The number of fused-ring (bicyclic) bond motifs is 1. The zero-order valence-electron chi connectivity index (χ0n) is 14.1. The van der Waals surface area contributed by atoms with E-state index in [0.29, 0.717) is 30.8 Å². The maximum atomic E-state index is 13.5. The number of amides is 1. The Hall–Kier alpha value is -2.67. The van der Waals surface area contributed by atoms with Crippen molar-refractivity contribution in [3.05, 3.63) is 53.5 Å². The van der Waals surface area contributed by atoms with Crippen molar-refractivity contribution in [3.8, 4) is 0 Å². The quantitative estimate of drug-likeness (QED) is 0.778. The highest BCUT2D eigenvalue weighted by atomic mass is 19.1. The van der Waals surface area contributed by atoms with Gasteiger partial charge in [0.05, 0.1) is 13.2 Å². The summed E-state index contributed by atoms with van der Waals surface area (Å²) in [4.78, 5) is 22.5. The molecule has 1 aliphatic heterocycles. The third kappa shape index (κ3) is 2.70. The molecule has 0 aliphatic carbocycles. The number of nitrogens with zero attached hydrogens (tertiary/aromatic N) is 3. The summed E-state index contributed by atoms with van der Waals surface area (Å²) in [6.45, 7) is 3.29. The number of carbonyl (C=O) groups excluding carboxylic acids is 1. The summed E-state index contributed by atoms with van der Waals surface area (Å²) in [5.74, 6) is 0.296. The van der Waals surface area contributed by atoms with Crippen LogP contribution in [0.2, 0.25) is 0 Å². The molecule has 0 spiro atoms. The van der Waals surface area contributed by atoms with Gasteiger partial charge in [0.25, 0.3) is 5.91 Å². The molecule has 1 unspecified atom stereocenters. The predicted octanol–water partition coefficient (Wildman–Crippen LogP) is 2.56. The smallest absolute Gasteiger partial charge is 0.271 e. The lowest BCUT2D eigenvalue weighted by atomic mass is 10.2. The number of hydrogen-bond donors (Lipinski definition) is 1. The summed E-state index contributed by atoms with van der Waals surface area (Å²) >= 11 is 0. The van der Waals surface area contributed by atoms with E-state index in [0.717, 1.165) is 17.0 Å². The lowest BCUT2D eigenvalue weighted by Gasteiger charge is -2.34. The van der Waals surface area contributed by atoms with Crippen LogP contribution in [-0.2, 0) is 11.8 Å². The van der Waals surface area contributed by atoms with Gasteiger partial charge in [-0.3, -0.25) is 4.79 Å². The number of H-pyrrole nitrogens is 1. The van der Waals surface area contributed by atoms with E-state index < -0.39 is 0 Å². The van der Waals surface area contributed by atoms with Crippen molar-refractivity contribution < 1.29 is 13.9 Å². The molecule has 6 nitrogen and oxygen atoms in total. The first kappa shape index (κ1) is 15.8. The number of morpholine rings is 1. The molecular weight excluding hydrogens is 323 g/mol. The number of halogens is 1. The SMILES string of the molecule is Cc1cnc(C2COCCN2C(=O)c2cc3cc(F)ccc3n2C)[nH]1. The topological polar surface area (TPSA) is 63.1 Å². The van der Waals surface area contributed by atoms with Gasteiger partial charge in [0.1, 0.15) is 23.4 Å². The van der Waals surface area contributed by atoms with Crippen LogP contribution in [0.3, 0.4) is 0 Å². The van der Waals surface area contributed by atoms with Gasteiger partial charge in [-0.1, -0.05) is 0 Å². The fourth-order valence-corrected chi connectivity index (χ4v) is 3.35. The van der Waals surface area contributed by atoms with Crippen molar-refractivity contribution in [3.63, 3.8) is 0 Å². The Labute approximate surface area is 144 Å². The zero-order valence-corrected chi connectivity index (χ0v) is 14.1. The van der Waals surface area contributed by atoms with Crippen molar-refractivity contribution >= 4 is 16.8 Å². The van der Waals surface area contributed by atoms with Gasteiger partial charge < -0.3 is 19.2 Å². The number of nitrogens with one attached hydrogen (secondary N) is 1. The summed E-state index contributed by atoms with van der Waals surface area (Å²) < 4.78 is 20.8. The van der Waals surface area contributed by atoms with Gasteiger partial charge >= 0.3 is 0 Å². The summed E-state index contributed by atoms with van der Waals surface area (Å²) in [5.41, 5.74) is 2.28. The molecule has 1 aromatic carbocycles. The average Bonchev–Trinajstić information content (AvgIpc) is 3.18. The van der Waals surface area contributed by atoms with Gasteiger partial charge in [-0.2, -0.15) is 0 Å². The first-order valence-corrected chi connectivity index (χ1v) is 8.20. The Kier molecular flexibility index (Phi) is 3.80. The van der Waals surface area contributed by atoms with Crippen LogP contribution in [0.1, 0.15) is 28.0 Å². The van der Waals surface area contributed by atoms with Crippen LogP contribution in [0.15, 0.2) is 30.5 Å². The van der Waals surface area contributed by atoms with Crippen molar-refractivity contribution in [2.45, 2.75) is 13.0 Å². The van der Waals surface area contributed by atoms with Crippen LogP contribution < -0.4 is 0 Å². The molecule has 1 saturated heterocycles. The van der Waals surface area contributed by atoms with Crippen LogP contribution in [0.25, 0.3) is 10.9 Å². The predicted molar refractivity (Wildman–Crippen MR) is 90.8 cm³/mol. The van der Waals surface area contributed by atoms with E-state index >= 15 is 0 Å². The molecule has 1 atom stereocenters. The first-order valence-electron chi connectivity index (χ1n) is 8.20. The molecule has 2 aromatic heterocycles. The monoisotopic (exact) mass is 342 g/mol. The van der Waals surface area contributed by atoms with E-state index in [4.69, 9.17) is 4.74 Å². The van der Waals surface area contributed by atoms with Crippen molar-refractivity contribution in [1.29, 1.82) is 0 Å². The fourth-order valence-electron chi connectivity index (χ4n) is 3.35. The number of benzene rings is 1. The number of hydrogen-bond acceptors (Lipinski definition) is 3. The number of aromatic amines is 1. The summed E-state index contributed by atoms with van der Waals surface area (Å²) in [6, 6.07) is 6.01. The summed E-state index contributed by atoms with van der Waals surface area (Å²) in [5, 5.41) is 0.713. The Morgan fingerprint density at radius 3 is 3.00 bits per heavy atom. The van der Waals surface area contributed by atoms with E-state index in [-0.39, 0.29) is 17.8 Å². The van der Waals surface area contributed by atoms with Crippen LogP contribution in [0, 0.1) is 12.7 Å². The molecule has 1 N–H and O–H groups in total. The molecule has 0 bridgehead atoms. The number of aromatic nitrogens is 3. The number of ether oxygens (including phenoxy) is 1. The Bertz CT molecular complexity index is 946. The Balaban J connectivity index is 1.72. The maximum Gasteiger partial charge on any atom is 0.271 e. The minimum atomic E-state index is -0.313. The standard InChI is InChI=1S/C18H19FN4O2/c1-11-9-20-17(21-11)16-10-25-6-5-23(16)18(24)15-8-12-7-13(19)3-4-14(12)22(15)2/h3-4,7-9,16H,5-6,10H2,1-2H3,(H,20,21). The van der Waals surface area contributed by atoms with Gasteiger partial charge in [-0.25, -0.2) is 9.37 Å². The second-order valence-corrected chi connectivity index (χ2v) is 6.33. The van der Waals surface area contributed by atoms with Gasteiger partial charge in [0.2, 0.25) is 0 Å². The van der Waals surface area contributed by atoms with E-state index in [1.807, 2.05) is 14.0 Å². The molecule has 0 saturated carbocycles. The molecule has 4 rings (SSSR count). The van der Waals surface area contributed by atoms with E-state index in [1.54, 1.807) is 27.8 Å². The second kappa shape index (κ2) is 6.00. The van der Waals surface area contributed by atoms with Crippen LogP contribution in [0.5, 0.6) is 0 Å². The molecule has 0 radical (unpaired) electrons. The summed E-state index contributed by atoms with van der Waals surface area (Å²) in [7, 11) is 1.82. The third-order valence-corrected chi connectivity index (χ3v) is 4.65. The first-order chi connectivity index (χ1) is 12.0. The van der Waals surface area contributed by atoms with Gasteiger partial charge in [-0.05, 0) is 31.2 Å². The Morgan fingerprint density at radius 1 is 1.40 bits per heavy atom. The van der Waals surface area contributed by atoms with Crippen LogP contribution >= 0.6 is 0 Å². The number of imidazole rings is 1. The molecule has 1 aliphatic rings. The summed E-state index contributed by atoms with van der Waals surface area (Å²) in [6.07, 6.45) is 1.74. The molecular formula is C18H19FN4O2. The molecule has 1 amide bonds. The van der Waals surface area contributed by atoms with Gasteiger partial charge in [0.15, 0.2) is 0 Å². The minimum Gasteiger partial charge on any atom is -0.377 e. The highest BCUT2D eigenvalue weighted by molar-refractivity contribution is 5.99. The lowest BCUT2D eigenvalue weighted by molar-refractivity contribution is -0.00547. The van der Waals surface area contributed by atoms with Crippen molar-refractivity contribution in [2.24, 2.45) is 7.05 Å². The zero-order chi connectivity index (χ0) is 17.6. The van der Waals surface area contributed by atoms with Crippen LogP contribution in [0.4, 0.5) is 4.39 Å². The molecule has 3 heterocycles. The number of carbonyl (C=O) groups is 1. The van der Waals surface area contributed by atoms with Crippen LogP contribution in [-0.4, -0.2) is 45.1 Å². The van der Waals surface area contributed by atoms with Gasteiger partial charge in [0, 0.05) is 36.4 Å². The van der Waals surface area contributed by atoms with E-state index in [9.17, 15) is 9.18 Å². The van der Waals surface area contributed by atoms with Crippen molar-refractivity contribution in [1.82, 2.24) is 19.4 Å². The fraction of sp³-hybridized carbons (Fsp3) is 0.333. The van der Waals surface area contributed by atoms with E-state index in [2.05, 4.69) is 9.97 Å². The highest BCUT2D eigenvalue weighted by Crippen LogP contribution is 2.27. The molecule has 3 aromatic rings. The largest absolute Gasteiger partial charge is 0.377 e. The number of aryl methyl sites for hydroxylation is 2. The second-order valence-electron chi connectivity index (χ2n) is 6.33. The van der Waals surface area contributed by atoms with Crippen molar-refractivity contribution in [2.75, 3.05) is 19.8 Å².